The van der Waals surface area contributed by atoms with Crippen molar-refractivity contribution in [2.24, 2.45) is 5.92 Å². The van der Waals surface area contributed by atoms with Crippen molar-refractivity contribution < 1.29 is 4.79 Å². The van der Waals surface area contributed by atoms with E-state index in [1.54, 1.807) is 6.07 Å². The number of anilines is 2. The summed E-state index contributed by atoms with van der Waals surface area (Å²) in [5.41, 5.74) is 8.15. The van der Waals surface area contributed by atoms with E-state index in [-0.39, 0.29) is 5.91 Å². The van der Waals surface area contributed by atoms with E-state index in [1.165, 1.54) is 19.3 Å². The van der Waals surface area contributed by atoms with Crippen LogP contribution in [0.4, 0.5) is 11.4 Å². The average molecular weight is 261 g/mol. The normalized spacial score (nSPS) is 14.2. The molecule has 4 heteroatoms. The average Bonchev–Trinajstić information content (AvgIpc) is 3.17. The van der Waals surface area contributed by atoms with Crippen LogP contribution in [0.2, 0.25) is 0 Å². The Balaban J connectivity index is 1.85. The summed E-state index contributed by atoms with van der Waals surface area (Å²) in [6.45, 7) is 0.755. The van der Waals surface area contributed by atoms with Gasteiger partial charge in [0.05, 0.1) is 11.4 Å². The third-order valence-corrected chi connectivity index (χ3v) is 3.54. The van der Waals surface area contributed by atoms with E-state index < -0.39 is 0 Å². The quantitative estimate of drug-likeness (QED) is 0.610. The molecule has 0 aliphatic heterocycles. The number of rotatable bonds is 6. The van der Waals surface area contributed by atoms with E-state index in [2.05, 4.69) is 5.32 Å². The molecule has 3 N–H and O–H groups in total. The zero-order valence-corrected chi connectivity index (χ0v) is 11.8. The van der Waals surface area contributed by atoms with E-state index in [9.17, 15) is 4.79 Å². The summed E-state index contributed by atoms with van der Waals surface area (Å²) in [6, 6.07) is 5.45. The first-order valence-corrected chi connectivity index (χ1v) is 6.93. The minimum atomic E-state index is -0.0344. The fourth-order valence-electron chi connectivity index (χ4n) is 2.20. The number of nitrogens with two attached hydrogens (primary N) is 1. The van der Waals surface area contributed by atoms with Crippen molar-refractivity contribution in [3.05, 3.63) is 23.8 Å². The van der Waals surface area contributed by atoms with Crippen LogP contribution >= 0.6 is 0 Å². The standard InChI is InChI=1S/C15H23N3O/c1-18(2)14-8-7-12(10-13(14)16)15(19)17-9-3-4-11-5-6-11/h7-8,10-11H,3-6,9,16H2,1-2H3,(H,17,19). The number of carbonyl (C=O) groups excluding carboxylic acids is 1. The zero-order chi connectivity index (χ0) is 13.8. The number of nitrogen functional groups attached to an aromatic ring is 1. The molecule has 1 aliphatic rings. The summed E-state index contributed by atoms with van der Waals surface area (Å²) in [5, 5.41) is 2.95. The number of benzene rings is 1. The molecular formula is C15H23N3O. The predicted octanol–water partition coefficient (Wildman–Crippen LogP) is 2.25. The van der Waals surface area contributed by atoms with Gasteiger partial charge in [-0.25, -0.2) is 0 Å². The maximum Gasteiger partial charge on any atom is 0.251 e. The third kappa shape index (κ3) is 3.88. The van der Waals surface area contributed by atoms with E-state index in [4.69, 9.17) is 5.73 Å². The maximum atomic E-state index is 12.0. The number of nitrogens with one attached hydrogen (secondary N) is 1. The summed E-state index contributed by atoms with van der Waals surface area (Å²) >= 11 is 0. The smallest absolute Gasteiger partial charge is 0.251 e. The Bertz CT molecular complexity index is 453. The van der Waals surface area contributed by atoms with Crippen LogP contribution in [-0.4, -0.2) is 26.5 Å². The Kier molecular flexibility index (Phi) is 4.30. The number of hydrogen-bond donors (Lipinski definition) is 2. The van der Waals surface area contributed by atoms with Gasteiger partial charge in [-0.05, 0) is 37.0 Å². The van der Waals surface area contributed by atoms with Crippen molar-refractivity contribution in [3.8, 4) is 0 Å². The lowest BCUT2D eigenvalue weighted by Crippen LogP contribution is -2.24. The van der Waals surface area contributed by atoms with Crippen LogP contribution in [0.5, 0.6) is 0 Å². The van der Waals surface area contributed by atoms with Crippen molar-refractivity contribution in [1.82, 2.24) is 5.32 Å². The SMILES string of the molecule is CN(C)c1ccc(C(=O)NCCCC2CC2)cc1N. The number of carbonyl (C=O) groups is 1. The van der Waals surface area contributed by atoms with E-state index in [0.29, 0.717) is 11.3 Å². The number of amides is 1. The molecular weight excluding hydrogens is 238 g/mol. The van der Waals surface area contributed by atoms with Gasteiger partial charge in [-0.15, -0.1) is 0 Å². The lowest BCUT2D eigenvalue weighted by molar-refractivity contribution is 0.0953. The highest BCUT2D eigenvalue weighted by atomic mass is 16.1. The molecule has 0 radical (unpaired) electrons. The molecule has 1 aromatic carbocycles. The lowest BCUT2D eigenvalue weighted by Gasteiger charge is -2.15. The van der Waals surface area contributed by atoms with Crippen LogP contribution in [0.1, 0.15) is 36.0 Å². The highest BCUT2D eigenvalue weighted by molar-refractivity contribution is 5.96. The van der Waals surface area contributed by atoms with E-state index in [0.717, 1.165) is 24.6 Å². The van der Waals surface area contributed by atoms with Crippen LogP contribution in [-0.2, 0) is 0 Å². The van der Waals surface area contributed by atoms with E-state index >= 15 is 0 Å². The Labute approximate surface area is 115 Å². The van der Waals surface area contributed by atoms with Gasteiger partial charge in [0, 0.05) is 26.2 Å². The van der Waals surface area contributed by atoms with Crippen molar-refractivity contribution in [2.45, 2.75) is 25.7 Å². The molecule has 4 nitrogen and oxygen atoms in total. The highest BCUT2D eigenvalue weighted by Crippen LogP contribution is 2.33. The topological polar surface area (TPSA) is 58.4 Å². The molecule has 0 atom stereocenters. The predicted molar refractivity (Wildman–Crippen MR) is 79.5 cm³/mol. The van der Waals surface area contributed by atoms with Gasteiger partial charge in [0.15, 0.2) is 0 Å². The zero-order valence-electron chi connectivity index (χ0n) is 11.8. The van der Waals surface area contributed by atoms with Crippen LogP contribution in [0.15, 0.2) is 18.2 Å². The summed E-state index contributed by atoms with van der Waals surface area (Å²) in [4.78, 5) is 13.9. The van der Waals surface area contributed by atoms with Crippen LogP contribution in [0, 0.1) is 5.92 Å². The molecule has 0 aromatic heterocycles. The minimum Gasteiger partial charge on any atom is -0.397 e. The van der Waals surface area contributed by atoms with Gasteiger partial charge in [-0.2, -0.15) is 0 Å². The molecule has 1 saturated carbocycles. The Hall–Kier alpha value is -1.71. The van der Waals surface area contributed by atoms with Gasteiger partial charge < -0.3 is 16.0 Å². The van der Waals surface area contributed by atoms with Crippen LogP contribution < -0.4 is 16.0 Å². The van der Waals surface area contributed by atoms with Crippen LogP contribution in [0.3, 0.4) is 0 Å². The summed E-state index contributed by atoms with van der Waals surface area (Å²) in [5.74, 6) is 0.889. The molecule has 0 saturated heterocycles. The minimum absolute atomic E-state index is 0.0344. The molecule has 0 unspecified atom stereocenters. The van der Waals surface area contributed by atoms with Gasteiger partial charge in [-0.1, -0.05) is 12.8 Å². The highest BCUT2D eigenvalue weighted by Gasteiger charge is 2.20. The molecule has 104 valence electrons. The molecule has 19 heavy (non-hydrogen) atoms. The first kappa shape index (κ1) is 13.7. The van der Waals surface area contributed by atoms with Gasteiger partial charge in [-0.3, -0.25) is 4.79 Å². The fraction of sp³-hybridized carbons (Fsp3) is 0.533. The van der Waals surface area contributed by atoms with Crippen molar-refractivity contribution >= 4 is 17.3 Å². The fourth-order valence-corrected chi connectivity index (χ4v) is 2.20. The Morgan fingerprint density at radius 3 is 2.74 bits per heavy atom. The molecule has 0 spiro atoms. The number of nitrogens with zero attached hydrogens (tertiary/aromatic N) is 1. The van der Waals surface area contributed by atoms with Crippen molar-refractivity contribution in [3.63, 3.8) is 0 Å². The largest absolute Gasteiger partial charge is 0.397 e. The monoisotopic (exact) mass is 261 g/mol. The first-order chi connectivity index (χ1) is 9.08. The maximum absolute atomic E-state index is 12.0. The molecule has 1 aromatic rings. The van der Waals surface area contributed by atoms with Crippen molar-refractivity contribution in [1.29, 1.82) is 0 Å². The molecule has 1 amide bonds. The Morgan fingerprint density at radius 1 is 1.42 bits per heavy atom. The second kappa shape index (κ2) is 5.95. The van der Waals surface area contributed by atoms with Gasteiger partial charge in [0.1, 0.15) is 0 Å². The summed E-state index contributed by atoms with van der Waals surface area (Å²) in [7, 11) is 3.87. The third-order valence-electron chi connectivity index (χ3n) is 3.54. The van der Waals surface area contributed by atoms with E-state index in [1.807, 2.05) is 31.1 Å². The van der Waals surface area contributed by atoms with Gasteiger partial charge in [0.25, 0.3) is 5.91 Å². The summed E-state index contributed by atoms with van der Waals surface area (Å²) in [6.07, 6.45) is 5.05. The van der Waals surface area contributed by atoms with Gasteiger partial charge >= 0.3 is 0 Å². The molecule has 0 bridgehead atoms. The molecule has 0 heterocycles. The lowest BCUT2D eigenvalue weighted by atomic mass is 10.1. The molecule has 1 aliphatic carbocycles. The van der Waals surface area contributed by atoms with Gasteiger partial charge in [0.2, 0.25) is 0 Å². The molecule has 1 fully saturated rings. The van der Waals surface area contributed by atoms with Crippen molar-refractivity contribution in [2.75, 3.05) is 31.3 Å². The first-order valence-electron chi connectivity index (χ1n) is 6.93. The number of hydrogen-bond acceptors (Lipinski definition) is 3. The molecule has 2 rings (SSSR count). The second-order valence-electron chi connectivity index (χ2n) is 5.51. The summed E-state index contributed by atoms with van der Waals surface area (Å²) < 4.78 is 0. The second-order valence-corrected chi connectivity index (χ2v) is 5.51. The Morgan fingerprint density at radius 2 is 2.16 bits per heavy atom. The van der Waals surface area contributed by atoms with Crippen LogP contribution in [0.25, 0.3) is 0 Å².